The van der Waals surface area contributed by atoms with Crippen molar-refractivity contribution in [2.45, 2.75) is 26.2 Å². The first-order valence-electron chi connectivity index (χ1n) is 18.3. The highest BCUT2D eigenvalue weighted by Gasteiger charge is 2.36. The predicted molar refractivity (Wildman–Crippen MR) is 227 cm³/mol. The van der Waals surface area contributed by atoms with E-state index in [-0.39, 0.29) is 9.69 Å². The molecule has 0 unspecified atom stereocenters. The van der Waals surface area contributed by atoms with Crippen LogP contribution in [0.25, 0.3) is 83.6 Å². The Balaban J connectivity index is 0.00000160. The monoisotopic (exact) mass is 685 g/mol. The Morgan fingerprint density at radius 2 is 1.02 bits per heavy atom. The highest BCUT2D eigenvalue weighted by atomic mass is 15.0. The Bertz CT molecular complexity index is 2790. The number of rotatable bonds is 5. The molecule has 3 nitrogen and oxygen atoms in total. The van der Waals surface area contributed by atoms with Gasteiger partial charge in [-0.3, -0.25) is 0 Å². The van der Waals surface area contributed by atoms with Crippen LogP contribution in [0.15, 0.2) is 170 Å². The summed E-state index contributed by atoms with van der Waals surface area (Å²) in [5.74, 6) is 0.714. The summed E-state index contributed by atoms with van der Waals surface area (Å²) in [7, 11) is 0. The molecule has 0 aliphatic heterocycles. The van der Waals surface area contributed by atoms with Crippen molar-refractivity contribution in [1.29, 1.82) is 0 Å². The van der Waals surface area contributed by atoms with Crippen LogP contribution in [0.5, 0.6) is 0 Å². The molecule has 0 N–H and O–H groups in total. The number of hydrogen-bond donors (Lipinski definition) is 0. The molecular formula is C50H43N3. The van der Waals surface area contributed by atoms with Crippen LogP contribution in [-0.2, 0) is 5.41 Å². The van der Waals surface area contributed by atoms with Gasteiger partial charge in [-0.15, -0.1) is 0 Å². The molecule has 0 fully saturated rings. The average molecular weight is 686 g/mol. The maximum absolute atomic E-state index is 5.18. The van der Waals surface area contributed by atoms with Crippen molar-refractivity contribution in [3.8, 4) is 61.8 Å². The van der Waals surface area contributed by atoms with Gasteiger partial charge in [0.05, 0.1) is 22.4 Å². The van der Waals surface area contributed by atoms with E-state index in [0.717, 1.165) is 39.3 Å². The van der Waals surface area contributed by atoms with Crippen molar-refractivity contribution < 1.29 is 4.28 Å². The van der Waals surface area contributed by atoms with E-state index in [1.165, 1.54) is 55.2 Å². The largest absolute Gasteiger partial charge is 0.309 e. The van der Waals surface area contributed by atoms with Gasteiger partial charge in [0, 0.05) is 42.8 Å². The molecule has 10 rings (SSSR count). The number of nitrogens with zero attached hydrogens (tertiary/aromatic N) is 3. The standard InChI is InChI=1S/C50H37N3.3H2/c1-32-19-23-38(24-20-32)53-47-26-22-37(49-51-45(34-15-9-5-10-16-34)31-46(52-49)35-17-11-6-12-18-35)27-41(47)42-29-44-40(30-48(42)53)39-25-21-36(28-43(39)50(44,2)3)33-13-7-4-8-14-33;;;/h4-31H,1-3H3;3*1H. The van der Waals surface area contributed by atoms with Gasteiger partial charge in [0.25, 0.3) is 0 Å². The van der Waals surface area contributed by atoms with Gasteiger partial charge in [-0.25, -0.2) is 9.97 Å². The summed E-state index contributed by atoms with van der Waals surface area (Å²) in [5.41, 5.74) is 17.4. The molecule has 3 heteroatoms. The fourth-order valence-electron chi connectivity index (χ4n) is 8.26. The van der Waals surface area contributed by atoms with E-state index in [1.807, 2.05) is 12.1 Å². The minimum Gasteiger partial charge on any atom is -0.309 e. The smallest absolute Gasteiger partial charge is 0.160 e. The van der Waals surface area contributed by atoms with Crippen molar-refractivity contribution in [1.82, 2.24) is 14.5 Å². The number of benzene rings is 7. The van der Waals surface area contributed by atoms with Crippen LogP contribution in [0.4, 0.5) is 0 Å². The van der Waals surface area contributed by atoms with Crippen LogP contribution in [-0.4, -0.2) is 14.5 Å². The van der Waals surface area contributed by atoms with Crippen LogP contribution in [0, 0.1) is 6.92 Å². The number of aryl methyl sites for hydroxylation is 1. The molecule has 7 aromatic carbocycles. The summed E-state index contributed by atoms with van der Waals surface area (Å²) >= 11 is 0. The first-order chi connectivity index (χ1) is 25.9. The molecule has 258 valence electrons. The van der Waals surface area contributed by atoms with Crippen LogP contribution in [0.2, 0.25) is 0 Å². The molecule has 0 saturated carbocycles. The van der Waals surface area contributed by atoms with Gasteiger partial charge in [0.2, 0.25) is 0 Å². The number of hydrogen-bond acceptors (Lipinski definition) is 2. The second-order valence-corrected chi connectivity index (χ2v) is 14.8. The number of aromatic nitrogens is 3. The third kappa shape index (κ3) is 5.11. The minimum absolute atomic E-state index is 0. The Labute approximate surface area is 314 Å². The van der Waals surface area contributed by atoms with Crippen molar-refractivity contribution in [3.05, 3.63) is 187 Å². The fourth-order valence-corrected chi connectivity index (χ4v) is 8.26. The lowest BCUT2D eigenvalue weighted by Gasteiger charge is -2.22. The maximum atomic E-state index is 5.18. The zero-order valence-electron chi connectivity index (χ0n) is 30.0. The molecule has 0 spiro atoms. The molecular weight excluding hydrogens is 643 g/mol. The van der Waals surface area contributed by atoms with Gasteiger partial charge in [-0.1, -0.05) is 135 Å². The van der Waals surface area contributed by atoms with Crippen LogP contribution < -0.4 is 0 Å². The normalized spacial score (nSPS) is 13.0. The van der Waals surface area contributed by atoms with E-state index in [1.54, 1.807) is 0 Å². The van der Waals surface area contributed by atoms with E-state index in [2.05, 4.69) is 183 Å². The molecule has 0 atom stereocenters. The lowest BCUT2D eigenvalue weighted by Crippen LogP contribution is -2.15. The second kappa shape index (κ2) is 12.0. The van der Waals surface area contributed by atoms with Crippen molar-refractivity contribution in [2.24, 2.45) is 0 Å². The number of fused-ring (bicyclic) bond motifs is 6. The van der Waals surface area contributed by atoms with Gasteiger partial charge >= 0.3 is 0 Å². The van der Waals surface area contributed by atoms with Crippen molar-refractivity contribution in [3.63, 3.8) is 0 Å². The molecule has 0 bridgehead atoms. The highest BCUT2D eigenvalue weighted by Crippen LogP contribution is 2.52. The zero-order chi connectivity index (χ0) is 35.7. The van der Waals surface area contributed by atoms with E-state index in [0.29, 0.717) is 5.82 Å². The van der Waals surface area contributed by atoms with Crippen LogP contribution in [0.1, 0.15) is 34.8 Å². The van der Waals surface area contributed by atoms with E-state index >= 15 is 0 Å². The summed E-state index contributed by atoms with van der Waals surface area (Å²) in [5, 5.41) is 2.42. The summed E-state index contributed by atoms with van der Waals surface area (Å²) in [4.78, 5) is 10.4. The fraction of sp³-hybridized carbons (Fsp3) is 0.0800. The van der Waals surface area contributed by atoms with Gasteiger partial charge in [0.15, 0.2) is 5.82 Å². The molecule has 2 heterocycles. The average Bonchev–Trinajstić information content (AvgIpc) is 3.65. The van der Waals surface area contributed by atoms with E-state index in [9.17, 15) is 0 Å². The third-order valence-corrected chi connectivity index (χ3v) is 11.1. The predicted octanol–water partition coefficient (Wildman–Crippen LogP) is 13.6. The SMILES string of the molecule is Cc1ccc(-n2c3ccc(-c4nc(-c5ccccc5)cc(-c5ccccc5)n4)cc3c3cc4c(cc32)-c2ccc(-c3ccccc3)cc2C4(C)C)cc1.[HH].[HH].[HH]. The quantitative estimate of drug-likeness (QED) is 0.181. The molecule has 0 saturated heterocycles. The summed E-state index contributed by atoms with van der Waals surface area (Å²) in [6.07, 6.45) is 0. The first kappa shape index (κ1) is 31.2. The minimum atomic E-state index is -0.169. The summed E-state index contributed by atoms with van der Waals surface area (Å²) < 4.78 is 2.42. The van der Waals surface area contributed by atoms with Crippen molar-refractivity contribution >= 4 is 21.8 Å². The summed E-state index contributed by atoms with van der Waals surface area (Å²) in [6.45, 7) is 6.89. The molecule has 0 radical (unpaired) electrons. The maximum Gasteiger partial charge on any atom is 0.160 e. The molecule has 2 aromatic heterocycles. The van der Waals surface area contributed by atoms with E-state index in [4.69, 9.17) is 9.97 Å². The Hall–Kier alpha value is -6.58. The lowest BCUT2D eigenvalue weighted by atomic mass is 9.81. The van der Waals surface area contributed by atoms with Gasteiger partial charge in [-0.05, 0) is 94.9 Å². The second-order valence-electron chi connectivity index (χ2n) is 14.8. The van der Waals surface area contributed by atoms with Crippen LogP contribution in [0.3, 0.4) is 0 Å². The Kier molecular flexibility index (Phi) is 7.06. The topological polar surface area (TPSA) is 30.7 Å². The van der Waals surface area contributed by atoms with Gasteiger partial charge < -0.3 is 4.57 Å². The lowest BCUT2D eigenvalue weighted by molar-refractivity contribution is 0.661. The van der Waals surface area contributed by atoms with E-state index < -0.39 is 0 Å². The van der Waals surface area contributed by atoms with Gasteiger partial charge in [0.1, 0.15) is 0 Å². The molecule has 1 aliphatic rings. The van der Waals surface area contributed by atoms with Crippen molar-refractivity contribution in [2.75, 3.05) is 0 Å². The van der Waals surface area contributed by atoms with Crippen LogP contribution >= 0.6 is 0 Å². The Morgan fingerprint density at radius 3 is 1.66 bits per heavy atom. The molecule has 0 amide bonds. The molecule has 1 aliphatic carbocycles. The Morgan fingerprint density at radius 1 is 0.453 bits per heavy atom. The zero-order valence-corrected chi connectivity index (χ0v) is 30.0. The highest BCUT2D eigenvalue weighted by molar-refractivity contribution is 6.12. The third-order valence-electron chi connectivity index (χ3n) is 11.1. The first-order valence-corrected chi connectivity index (χ1v) is 18.3. The molecule has 9 aromatic rings. The summed E-state index contributed by atoms with van der Waals surface area (Å²) in [6, 6.07) is 61.1. The van der Waals surface area contributed by atoms with Gasteiger partial charge in [-0.2, -0.15) is 0 Å². The molecule has 53 heavy (non-hydrogen) atoms.